The van der Waals surface area contributed by atoms with Gasteiger partial charge in [-0.3, -0.25) is 9.78 Å². The number of pyridine rings is 1. The summed E-state index contributed by atoms with van der Waals surface area (Å²) >= 11 is 0. The zero-order chi connectivity index (χ0) is 22.3. The lowest BCUT2D eigenvalue weighted by Gasteiger charge is -2.10. The number of amides is 1. The molecule has 0 aliphatic carbocycles. The van der Waals surface area contributed by atoms with Crippen LogP contribution in [0.5, 0.6) is 0 Å². The van der Waals surface area contributed by atoms with Crippen LogP contribution in [0.1, 0.15) is 16.3 Å². The molecular weight excluding hydrogens is 421 g/mol. The Hall–Kier alpha value is -4.34. The van der Waals surface area contributed by atoms with Crippen LogP contribution in [0, 0.1) is 0 Å². The van der Waals surface area contributed by atoms with Crippen LogP contribution < -0.4 is 5.32 Å². The van der Waals surface area contributed by atoms with Crippen LogP contribution in [0.2, 0.25) is 0 Å². The number of fused-ring (bicyclic) bond motifs is 2. The molecule has 5 aromatic rings. The third kappa shape index (κ3) is 3.62. The van der Waals surface area contributed by atoms with Gasteiger partial charge < -0.3 is 5.32 Å². The molecule has 0 aliphatic heterocycles. The summed E-state index contributed by atoms with van der Waals surface area (Å²) in [6.07, 6.45) is -3.28. The summed E-state index contributed by atoms with van der Waals surface area (Å²) in [6.45, 7) is 0. The van der Waals surface area contributed by atoms with Crippen molar-refractivity contribution >= 4 is 28.3 Å². The molecule has 0 saturated heterocycles. The lowest BCUT2D eigenvalue weighted by molar-refractivity contribution is -0.142. The first-order valence-corrected chi connectivity index (χ1v) is 9.45. The predicted octanol–water partition coefficient (Wildman–Crippen LogP) is 4.61. The van der Waals surface area contributed by atoms with Crippen LogP contribution in [-0.2, 0) is 6.18 Å². The van der Waals surface area contributed by atoms with Gasteiger partial charge in [-0.2, -0.15) is 22.7 Å². The number of para-hydroxylation sites is 1. The summed E-state index contributed by atoms with van der Waals surface area (Å²) in [7, 11) is 0. The van der Waals surface area contributed by atoms with E-state index in [0.717, 1.165) is 17.0 Å². The van der Waals surface area contributed by atoms with Crippen molar-refractivity contribution in [3.63, 3.8) is 0 Å². The van der Waals surface area contributed by atoms with Crippen molar-refractivity contribution in [2.24, 2.45) is 0 Å². The van der Waals surface area contributed by atoms with Gasteiger partial charge in [0.15, 0.2) is 5.69 Å². The molecule has 158 valence electrons. The summed E-state index contributed by atoms with van der Waals surface area (Å²) < 4.78 is 41.6. The number of aromatic nitrogens is 5. The molecule has 3 aromatic heterocycles. The highest BCUT2D eigenvalue weighted by atomic mass is 19.4. The molecular formula is C22H13F3N6O. The molecule has 2 aromatic carbocycles. The van der Waals surface area contributed by atoms with Gasteiger partial charge in [0.1, 0.15) is 0 Å². The predicted molar refractivity (Wildman–Crippen MR) is 111 cm³/mol. The molecule has 1 amide bonds. The Balaban J connectivity index is 1.54. The normalized spacial score (nSPS) is 11.7. The number of benzene rings is 2. The lowest BCUT2D eigenvalue weighted by Crippen LogP contribution is -2.16. The molecule has 0 saturated carbocycles. The minimum Gasteiger partial charge on any atom is -0.318 e. The van der Waals surface area contributed by atoms with Crippen LogP contribution in [0.25, 0.3) is 27.9 Å². The molecule has 10 heteroatoms. The van der Waals surface area contributed by atoms with E-state index < -0.39 is 23.6 Å². The number of carbonyl (C=O) groups is 1. The molecule has 32 heavy (non-hydrogen) atoms. The number of carbonyl (C=O) groups excluding carboxylic acids is 1. The lowest BCUT2D eigenvalue weighted by atomic mass is 10.1. The van der Waals surface area contributed by atoms with Crippen LogP contribution in [0.15, 0.2) is 72.9 Å². The molecule has 3 heterocycles. The Morgan fingerprint density at radius 1 is 0.938 bits per heavy atom. The number of rotatable bonds is 3. The number of nitrogens with one attached hydrogen (secondary N) is 1. The van der Waals surface area contributed by atoms with E-state index in [0.29, 0.717) is 15.8 Å². The van der Waals surface area contributed by atoms with Gasteiger partial charge in [-0.25, -0.2) is 4.98 Å². The van der Waals surface area contributed by atoms with E-state index in [2.05, 4.69) is 25.4 Å². The summed E-state index contributed by atoms with van der Waals surface area (Å²) in [6, 6.07) is 18.3. The number of nitrogens with zero attached hydrogens (tertiary/aromatic N) is 5. The van der Waals surface area contributed by atoms with Gasteiger partial charge in [0.25, 0.3) is 11.7 Å². The summed E-state index contributed by atoms with van der Waals surface area (Å²) in [5, 5.41) is 7.12. The first-order chi connectivity index (χ1) is 15.4. The Morgan fingerprint density at radius 3 is 2.47 bits per heavy atom. The number of alkyl halides is 3. The van der Waals surface area contributed by atoms with Crippen molar-refractivity contribution in [1.82, 2.24) is 24.6 Å². The second-order valence-corrected chi connectivity index (χ2v) is 6.91. The maximum absolute atomic E-state index is 13.7. The third-order valence-corrected chi connectivity index (χ3v) is 4.72. The minimum atomic E-state index is -4.73. The van der Waals surface area contributed by atoms with Gasteiger partial charge in [0.2, 0.25) is 5.82 Å². The Kier molecular flexibility index (Phi) is 4.54. The molecule has 0 fully saturated rings. The van der Waals surface area contributed by atoms with Gasteiger partial charge in [0, 0.05) is 10.9 Å². The number of anilines is 1. The molecule has 7 nitrogen and oxygen atoms in total. The second-order valence-electron chi connectivity index (χ2n) is 6.91. The molecule has 0 unspecified atom stereocenters. The second kappa shape index (κ2) is 7.41. The third-order valence-electron chi connectivity index (χ3n) is 4.72. The molecule has 0 radical (unpaired) electrons. The summed E-state index contributed by atoms with van der Waals surface area (Å²) in [4.78, 5) is 25.0. The molecule has 0 aliphatic rings. The highest BCUT2D eigenvalue weighted by Crippen LogP contribution is 2.31. The summed E-state index contributed by atoms with van der Waals surface area (Å²) in [5.74, 6) is -1.55. The average molecular weight is 434 g/mol. The molecule has 1 N–H and O–H groups in total. The number of hydrogen-bond donors (Lipinski definition) is 1. The molecule has 5 rings (SSSR count). The van der Waals surface area contributed by atoms with Gasteiger partial charge in [-0.15, -0.1) is 5.10 Å². The van der Waals surface area contributed by atoms with Crippen molar-refractivity contribution in [3.05, 3.63) is 84.4 Å². The largest absolute Gasteiger partial charge is 0.433 e. The topological polar surface area (TPSA) is 85.1 Å². The van der Waals surface area contributed by atoms with E-state index in [1.807, 2.05) is 24.3 Å². The van der Waals surface area contributed by atoms with E-state index in [9.17, 15) is 18.0 Å². The van der Waals surface area contributed by atoms with Crippen molar-refractivity contribution < 1.29 is 18.0 Å². The van der Waals surface area contributed by atoms with Crippen LogP contribution in [0.3, 0.4) is 0 Å². The average Bonchev–Trinajstić information content (AvgIpc) is 3.22. The SMILES string of the molecule is O=C(Nc1cnc2ccccc2c1)c1nc2nc(-c3ccccc3)cc(C(F)(F)F)n2n1. The van der Waals surface area contributed by atoms with Crippen LogP contribution in [0.4, 0.5) is 18.9 Å². The zero-order valence-electron chi connectivity index (χ0n) is 16.2. The first kappa shape index (κ1) is 19.6. The minimum absolute atomic E-state index is 0.0727. The zero-order valence-corrected chi connectivity index (χ0v) is 16.2. The highest BCUT2D eigenvalue weighted by Gasteiger charge is 2.36. The Morgan fingerprint density at radius 2 is 1.69 bits per heavy atom. The fraction of sp³-hybridized carbons (Fsp3) is 0.0455. The van der Waals surface area contributed by atoms with Crippen molar-refractivity contribution in [1.29, 1.82) is 0 Å². The van der Waals surface area contributed by atoms with E-state index in [-0.39, 0.29) is 11.5 Å². The number of halogens is 3. The van der Waals surface area contributed by atoms with Crippen LogP contribution >= 0.6 is 0 Å². The quantitative estimate of drug-likeness (QED) is 0.448. The Bertz CT molecular complexity index is 1460. The smallest absolute Gasteiger partial charge is 0.318 e. The van der Waals surface area contributed by atoms with E-state index >= 15 is 0 Å². The Labute approximate surface area is 178 Å². The van der Waals surface area contributed by atoms with E-state index in [1.54, 1.807) is 36.4 Å². The molecule has 0 atom stereocenters. The monoisotopic (exact) mass is 434 g/mol. The maximum atomic E-state index is 13.7. The van der Waals surface area contributed by atoms with E-state index in [1.165, 1.54) is 6.20 Å². The van der Waals surface area contributed by atoms with E-state index in [4.69, 9.17) is 0 Å². The van der Waals surface area contributed by atoms with Gasteiger partial charge in [-0.05, 0) is 18.2 Å². The fourth-order valence-corrected chi connectivity index (χ4v) is 3.25. The molecule has 0 spiro atoms. The summed E-state index contributed by atoms with van der Waals surface area (Å²) in [5.41, 5.74) is 0.575. The number of hydrogen-bond acceptors (Lipinski definition) is 5. The van der Waals surface area contributed by atoms with Crippen molar-refractivity contribution in [2.45, 2.75) is 6.18 Å². The van der Waals surface area contributed by atoms with Crippen molar-refractivity contribution in [3.8, 4) is 11.3 Å². The van der Waals surface area contributed by atoms with Crippen molar-refractivity contribution in [2.75, 3.05) is 5.32 Å². The molecule has 0 bridgehead atoms. The van der Waals surface area contributed by atoms with Crippen LogP contribution in [-0.4, -0.2) is 30.5 Å². The highest BCUT2D eigenvalue weighted by molar-refractivity contribution is 6.02. The van der Waals surface area contributed by atoms with Gasteiger partial charge in [-0.1, -0.05) is 48.5 Å². The van der Waals surface area contributed by atoms with Gasteiger partial charge in [0.05, 0.1) is 23.1 Å². The standard InChI is InChI=1S/C22H13F3N6O/c23-22(24,25)18-11-17(13-6-2-1-3-7-13)28-21-29-19(30-31(18)21)20(32)27-15-10-14-8-4-5-9-16(14)26-12-15/h1-12H,(H,27,32). The maximum Gasteiger partial charge on any atom is 0.433 e. The van der Waals surface area contributed by atoms with Gasteiger partial charge >= 0.3 is 6.18 Å². The fourth-order valence-electron chi connectivity index (χ4n) is 3.25. The first-order valence-electron chi connectivity index (χ1n) is 9.45.